The van der Waals surface area contributed by atoms with Gasteiger partial charge in [-0.3, -0.25) is 5.10 Å². The molecule has 1 amide bonds. The zero-order chi connectivity index (χ0) is 31.7. The van der Waals surface area contributed by atoms with Gasteiger partial charge in [-0.1, -0.05) is 35.1 Å². The quantitative estimate of drug-likeness (QED) is 0.185. The maximum Gasteiger partial charge on any atom is 0.417 e. The predicted octanol–water partition coefficient (Wildman–Crippen LogP) is 6.65. The maximum absolute atomic E-state index is 14.0. The lowest BCUT2D eigenvalue weighted by Crippen LogP contribution is -2.42. The van der Waals surface area contributed by atoms with Crippen LogP contribution in [-0.4, -0.2) is 75.3 Å². The van der Waals surface area contributed by atoms with Gasteiger partial charge in [0, 0.05) is 36.6 Å². The van der Waals surface area contributed by atoms with Gasteiger partial charge in [0.2, 0.25) is 5.88 Å². The van der Waals surface area contributed by atoms with E-state index >= 15 is 0 Å². The Bertz CT molecular complexity index is 1650. The number of fused-ring (bicyclic) bond motifs is 1. The number of aromatic hydroxyl groups is 1. The van der Waals surface area contributed by atoms with Crippen molar-refractivity contribution < 1.29 is 32.9 Å². The van der Waals surface area contributed by atoms with Crippen LogP contribution in [0, 0.1) is 0 Å². The van der Waals surface area contributed by atoms with E-state index in [0.29, 0.717) is 16.1 Å². The second-order valence-corrected chi connectivity index (χ2v) is 12.4. The van der Waals surface area contributed by atoms with Gasteiger partial charge in [-0.25, -0.2) is 4.79 Å². The first kappa shape index (κ1) is 32.1. The average molecular weight is 638 g/mol. The Morgan fingerprint density at radius 1 is 1.16 bits per heavy atom. The molecule has 1 atom stereocenters. The summed E-state index contributed by atoms with van der Waals surface area (Å²) in [5.41, 5.74) is -0.241. The number of hydrogen-bond donors (Lipinski definition) is 3. The van der Waals surface area contributed by atoms with Crippen molar-refractivity contribution >= 4 is 56.7 Å². The van der Waals surface area contributed by atoms with Crippen molar-refractivity contribution in [2.45, 2.75) is 38.7 Å². The lowest BCUT2D eigenvalue weighted by molar-refractivity contribution is -0.137. The summed E-state index contributed by atoms with van der Waals surface area (Å²) in [6, 6.07) is 8.67. The number of ether oxygens (including phenoxy) is 1. The second-order valence-electron chi connectivity index (χ2n) is 11.0. The van der Waals surface area contributed by atoms with E-state index in [9.17, 15) is 28.2 Å². The molecule has 43 heavy (non-hydrogen) atoms. The number of hydrogen-bond acceptors (Lipinski definition) is 8. The van der Waals surface area contributed by atoms with Gasteiger partial charge in [-0.2, -0.15) is 23.3 Å². The van der Waals surface area contributed by atoms with Gasteiger partial charge >= 0.3 is 12.3 Å². The Morgan fingerprint density at radius 3 is 2.56 bits per heavy atom. The van der Waals surface area contributed by atoms with Gasteiger partial charge in [0.05, 0.1) is 29.9 Å². The van der Waals surface area contributed by atoms with Gasteiger partial charge < -0.3 is 24.7 Å². The number of aliphatic hydroxyl groups excluding tert-OH is 1. The Morgan fingerprint density at radius 2 is 1.88 bits per heavy atom. The summed E-state index contributed by atoms with van der Waals surface area (Å²) >= 11 is 6.93. The number of thiazole rings is 1. The number of halogens is 4. The van der Waals surface area contributed by atoms with E-state index in [2.05, 4.69) is 15.2 Å². The molecule has 0 spiro atoms. The number of carbonyl (C=O) groups excluding carboxylic acids is 1. The summed E-state index contributed by atoms with van der Waals surface area (Å²) in [5.74, 6) is -0.395. The highest BCUT2D eigenvalue weighted by Gasteiger charge is 2.33. The predicted molar refractivity (Wildman–Crippen MR) is 161 cm³/mol. The molecule has 2 aromatic carbocycles. The number of benzene rings is 2. The van der Waals surface area contributed by atoms with E-state index in [0.717, 1.165) is 22.9 Å². The van der Waals surface area contributed by atoms with Gasteiger partial charge in [-0.15, -0.1) is 0 Å². The Kier molecular flexibility index (Phi) is 9.28. The number of aromatic nitrogens is 3. The zero-order valence-electron chi connectivity index (χ0n) is 24.0. The summed E-state index contributed by atoms with van der Waals surface area (Å²) in [5, 5.41) is 29.4. The third-order valence-corrected chi connectivity index (χ3v) is 7.64. The van der Waals surface area contributed by atoms with Crippen LogP contribution in [0.1, 0.15) is 42.3 Å². The molecule has 0 saturated heterocycles. The summed E-state index contributed by atoms with van der Waals surface area (Å²) in [4.78, 5) is 19.6. The van der Waals surface area contributed by atoms with Crippen LogP contribution in [0.2, 0.25) is 5.02 Å². The summed E-state index contributed by atoms with van der Waals surface area (Å²) in [6.45, 7) is 5.22. The third-order valence-electron chi connectivity index (χ3n) is 6.22. The number of anilines is 1. The Balaban J connectivity index is 1.68. The molecule has 4 aromatic rings. The van der Waals surface area contributed by atoms with E-state index in [1.807, 2.05) is 0 Å². The van der Waals surface area contributed by atoms with E-state index in [4.69, 9.17) is 16.3 Å². The molecule has 0 bridgehead atoms. The highest BCUT2D eigenvalue weighted by molar-refractivity contribution is 7.17. The van der Waals surface area contributed by atoms with Gasteiger partial charge in [-0.05, 0) is 62.2 Å². The molecular formula is C29H31ClF3N5O4S. The van der Waals surface area contributed by atoms with Crippen LogP contribution >= 0.6 is 22.9 Å². The van der Waals surface area contributed by atoms with Crippen LogP contribution in [0.3, 0.4) is 0 Å². The number of amides is 1. The normalized spacial score (nSPS) is 13.3. The summed E-state index contributed by atoms with van der Waals surface area (Å²) in [6.07, 6.45) is -3.35. The number of alkyl halides is 3. The number of aromatic amines is 1. The fourth-order valence-electron chi connectivity index (χ4n) is 4.27. The van der Waals surface area contributed by atoms with E-state index in [1.54, 1.807) is 57.1 Å². The van der Waals surface area contributed by atoms with Crippen molar-refractivity contribution in [2.75, 3.05) is 32.1 Å². The number of likely N-dealkylation sites (N-methyl/N-ethyl adjacent to an activating group) is 2. The first-order valence-electron chi connectivity index (χ1n) is 13.1. The topological polar surface area (TPSA) is 115 Å². The van der Waals surface area contributed by atoms with Crippen LogP contribution < -0.4 is 4.90 Å². The van der Waals surface area contributed by atoms with Crippen molar-refractivity contribution in [3.63, 3.8) is 0 Å². The minimum absolute atomic E-state index is 0.0316. The fourth-order valence-corrected chi connectivity index (χ4v) is 5.41. The van der Waals surface area contributed by atoms with Crippen LogP contribution in [0.15, 0.2) is 42.6 Å². The Hall–Kier alpha value is -3.81. The van der Waals surface area contributed by atoms with E-state index in [-0.39, 0.29) is 34.1 Å². The molecule has 0 saturated carbocycles. The SMILES string of the molecule is CN(CC(O)CN(C)c1nc(O)c(C(=Cc2ccc(Cl)cc2C(F)(F)F)c2ccc3[nH]ncc3c2)s1)C(=O)OC(C)(C)C. The third kappa shape index (κ3) is 7.98. The molecule has 2 heterocycles. The molecule has 1 unspecified atom stereocenters. The van der Waals surface area contributed by atoms with Crippen molar-refractivity contribution in [1.29, 1.82) is 0 Å². The van der Waals surface area contributed by atoms with Crippen molar-refractivity contribution in [1.82, 2.24) is 20.1 Å². The molecule has 0 aliphatic carbocycles. The van der Waals surface area contributed by atoms with Gasteiger partial charge in [0.1, 0.15) is 10.5 Å². The molecule has 9 nitrogen and oxygen atoms in total. The average Bonchev–Trinajstić information content (AvgIpc) is 3.52. The maximum atomic E-state index is 14.0. The minimum atomic E-state index is -4.68. The monoisotopic (exact) mass is 637 g/mol. The molecule has 4 rings (SSSR count). The first-order chi connectivity index (χ1) is 20.0. The number of rotatable bonds is 8. The molecular weight excluding hydrogens is 607 g/mol. The second kappa shape index (κ2) is 12.4. The molecule has 0 aliphatic rings. The first-order valence-corrected chi connectivity index (χ1v) is 14.3. The van der Waals surface area contributed by atoms with Crippen LogP contribution in [0.5, 0.6) is 5.88 Å². The van der Waals surface area contributed by atoms with E-state index in [1.165, 1.54) is 30.2 Å². The van der Waals surface area contributed by atoms with E-state index < -0.39 is 35.4 Å². The number of nitrogens with one attached hydrogen (secondary N) is 1. The zero-order valence-corrected chi connectivity index (χ0v) is 25.6. The van der Waals surface area contributed by atoms with Crippen LogP contribution in [-0.2, 0) is 10.9 Å². The van der Waals surface area contributed by atoms with Crippen molar-refractivity contribution in [3.05, 3.63) is 69.2 Å². The van der Waals surface area contributed by atoms with Crippen LogP contribution in [0.25, 0.3) is 22.6 Å². The number of nitrogens with zero attached hydrogens (tertiary/aromatic N) is 4. The number of aliphatic hydroxyl groups is 1. The minimum Gasteiger partial charge on any atom is -0.492 e. The van der Waals surface area contributed by atoms with Gasteiger partial charge in [0.15, 0.2) is 5.13 Å². The van der Waals surface area contributed by atoms with Crippen LogP contribution in [0.4, 0.5) is 23.1 Å². The molecule has 0 radical (unpaired) electrons. The largest absolute Gasteiger partial charge is 0.492 e. The highest BCUT2D eigenvalue weighted by atomic mass is 35.5. The molecule has 0 fully saturated rings. The molecule has 230 valence electrons. The van der Waals surface area contributed by atoms with Crippen molar-refractivity contribution in [3.8, 4) is 5.88 Å². The van der Waals surface area contributed by atoms with Crippen molar-refractivity contribution in [2.24, 2.45) is 0 Å². The Labute approximate surface area is 255 Å². The fraction of sp³-hybridized carbons (Fsp3) is 0.345. The molecule has 2 aromatic heterocycles. The molecule has 14 heteroatoms. The lowest BCUT2D eigenvalue weighted by atomic mass is 9.98. The van der Waals surface area contributed by atoms with Gasteiger partial charge in [0.25, 0.3) is 0 Å². The smallest absolute Gasteiger partial charge is 0.417 e. The lowest BCUT2D eigenvalue weighted by Gasteiger charge is -2.27. The molecule has 0 aliphatic heterocycles. The highest BCUT2D eigenvalue weighted by Crippen LogP contribution is 2.42. The number of carbonyl (C=O) groups is 1. The summed E-state index contributed by atoms with van der Waals surface area (Å²) in [7, 11) is 3.14. The summed E-state index contributed by atoms with van der Waals surface area (Å²) < 4.78 is 47.2. The standard InChI is InChI=1S/C29H31ClF3N5O4S/c1-28(2,3)42-27(41)38(5)15-20(39)14-37(4)26-35-25(40)24(43-26)21(16-7-9-23-18(10-16)13-34-36-23)11-17-6-8-19(30)12-22(17)29(31,32)33/h6-13,20,39-40H,14-15H2,1-5H3,(H,34,36). The molecule has 3 N–H and O–H groups in total. The number of H-pyrrole nitrogens is 1.